The van der Waals surface area contributed by atoms with Crippen LogP contribution in [0.15, 0.2) is 33.7 Å². The fraction of sp³-hybridized carbons (Fsp3) is 0.353. The summed E-state index contributed by atoms with van der Waals surface area (Å²) in [5.41, 5.74) is 0.882. The molecule has 4 nitrogen and oxygen atoms in total. The molecular weight excluding hydrogens is 351 g/mol. The third-order valence-corrected chi connectivity index (χ3v) is 4.88. The molecule has 4 rings (SSSR count). The topological polar surface area (TPSA) is 51.8 Å². The molecule has 0 bridgehead atoms. The Morgan fingerprint density at radius 3 is 2.72 bits per heavy atom. The van der Waals surface area contributed by atoms with Gasteiger partial charge in [-0.25, -0.2) is 15.0 Å². The highest BCUT2D eigenvalue weighted by molar-refractivity contribution is 7.99. The Bertz CT molecular complexity index is 935. The summed E-state index contributed by atoms with van der Waals surface area (Å²) in [5, 5.41) is 0. The van der Waals surface area contributed by atoms with Crippen LogP contribution in [-0.2, 0) is 6.18 Å². The molecule has 0 amide bonds. The van der Waals surface area contributed by atoms with Gasteiger partial charge in [0.1, 0.15) is 16.9 Å². The molecule has 0 saturated heterocycles. The van der Waals surface area contributed by atoms with Crippen LogP contribution in [0.1, 0.15) is 36.9 Å². The lowest BCUT2D eigenvalue weighted by atomic mass is 10.2. The molecule has 1 saturated carbocycles. The molecule has 0 aliphatic heterocycles. The average Bonchev–Trinajstić information content (AvgIpc) is 3.33. The van der Waals surface area contributed by atoms with E-state index in [1.54, 1.807) is 18.0 Å². The highest BCUT2D eigenvalue weighted by Crippen LogP contribution is 2.42. The molecule has 0 radical (unpaired) electrons. The fourth-order valence-electron chi connectivity index (χ4n) is 2.60. The molecule has 1 aliphatic rings. The van der Waals surface area contributed by atoms with Crippen molar-refractivity contribution in [3.8, 4) is 11.6 Å². The first-order valence-electron chi connectivity index (χ1n) is 7.93. The Morgan fingerprint density at radius 1 is 1.24 bits per heavy atom. The molecule has 3 aromatic rings. The molecular formula is C17H14F3N3OS. The molecule has 3 heterocycles. The summed E-state index contributed by atoms with van der Waals surface area (Å²) < 4.78 is 43.9. The quantitative estimate of drug-likeness (QED) is 0.588. The van der Waals surface area contributed by atoms with Gasteiger partial charge in [-0.2, -0.15) is 13.2 Å². The van der Waals surface area contributed by atoms with Crippen molar-refractivity contribution in [2.45, 2.75) is 36.8 Å². The molecule has 8 heteroatoms. The number of oxazole rings is 1. The van der Waals surface area contributed by atoms with Crippen LogP contribution in [0.4, 0.5) is 13.2 Å². The second-order valence-electron chi connectivity index (χ2n) is 5.86. The van der Waals surface area contributed by atoms with Crippen LogP contribution in [0.2, 0.25) is 0 Å². The van der Waals surface area contributed by atoms with Crippen molar-refractivity contribution in [3.05, 3.63) is 35.7 Å². The minimum atomic E-state index is -4.52. The van der Waals surface area contributed by atoms with E-state index < -0.39 is 11.9 Å². The first kappa shape index (κ1) is 16.4. The van der Waals surface area contributed by atoms with Gasteiger partial charge in [0.05, 0.1) is 0 Å². The highest BCUT2D eigenvalue weighted by Gasteiger charge is 2.33. The van der Waals surface area contributed by atoms with E-state index in [0.29, 0.717) is 11.6 Å². The average molecular weight is 365 g/mol. The number of hydrogen-bond donors (Lipinski definition) is 0. The SMILES string of the molecule is CCSc1cc(C2CC2)cnc1-c1nc2ccc(C(F)(F)F)nc2o1. The van der Waals surface area contributed by atoms with Gasteiger partial charge in [0.15, 0.2) is 0 Å². The third-order valence-electron chi connectivity index (χ3n) is 3.97. The summed E-state index contributed by atoms with van der Waals surface area (Å²) in [6, 6.07) is 4.25. The third kappa shape index (κ3) is 3.22. The van der Waals surface area contributed by atoms with Gasteiger partial charge in [-0.05, 0) is 48.3 Å². The van der Waals surface area contributed by atoms with E-state index in [9.17, 15) is 13.2 Å². The Morgan fingerprint density at radius 2 is 2.04 bits per heavy atom. The van der Waals surface area contributed by atoms with Gasteiger partial charge in [0, 0.05) is 11.1 Å². The first-order chi connectivity index (χ1) is 12.0. The normalized spacial score (nSPS) is 15.0. The second kappa shape index (κ2) is 6.01. The minimum Gasteiger partial charge on any atom is -0.416 e. The van der Waals surface area contributed by atoms with Crippen molar-refractivity contribution in [2.75, 3.05) is 5.75 Å². The molecule has 0 atom stereocenters. The molecule has 0 spiro atoms. The zero-order valence-electron chi connectivity index (χ0n) is 13.3. The Hall–Kier alpha value is -2.09. The van der Waals surface area contributed by atoms with Crippen LogP contribution in [0, 0.1) is 0 Å². The summed E-state index contributed by atoms with van der Waals surface area (Å²) in [5.74, 6) is 1.61. The fourth-order valence-corrected chi connectivity index (χ4v) is 3.41. The van der Waals surface area contributed by atoms with Crippen molar-refractivity contribution in [1.29, 1.82) is 0 Å². The lowest BCUT2D eigenvalue weighted by Crippen LogP contribution is -2.07. The number of hydrogen-bond acceptors (Lipinski definition) is 5. The van der Waals surface area contributed by atoms with Crippen LogP contribution in [0.5, 0.6) is 0 Å². The lowest BCUT2D eigenvalue weighted by molar-refractivity contribution is -0.141. The minimum absolute atomic E-state index is 0.134. The molecule has 130 valence electrons. The number of fused-ring (bicyclic) bond motifs is 1. The van der Waals surface area contributed by atoms with Crippen molar-refractivity contribution >= 4 is 23.0 Å². The van der Waals surface area contributed by atoms with Crippen molar-refractivity contribution in [2.24, 2.45) is 0 Å². The Balaban J connectivity index is 1.78. The van der Waals surface area contributed by atoms with Crippen molar-refractivity contribution < 1.29 is 17.6 Å². The van der Waals surface area contributed by atoms with Crippen molar-refractivity contribution in [1.82, 2.24) is 15.0 Å². The number of rotatable bonds is 4. The summed E-state index contributed by atoms with van der Waals surface area (Å²) in [6.45, 7) is 2.03. The largest absolute Gasteiger partial charge is 0.433 e. The van der Waals surface area contributed by atoms with Gasteiger partial charge >= 0.3 is 6.18 Å². The van der Waals surface area contributed by atoms with E-state index in [-0.39, 0.29) is 17.1 Å². The van der Waals surface area contributed by atoms with Gasteiger partial charge in [0.25, 0.3) is 0 Å². The van der Waals surface area contributed by atoms with Gasteiger partial charge in [0.2, 0.25) is 11.6 Å². The maximum atomic E-state index is 12.8. The molecule has 3 aromatic heterocycles. The maximum absolute atomic E-state index is 12.8. The standard InChI is InChI=1S/C17H14F3N3OS/c1-2-25-12-7-10(9-3-4-9)8-21-14(12)16-22-11-5-6-13(17(18,19)20)23-15(11)24-16/h5-9H,2-4H2,1H3. The highest BCUT2D eigenvalue weighted by atomic mass is 32.2. The van der Waals surface area contributed by atoms with Gasteiger partial charge < -0.3 is 4.42 Å². The zero-order valence-corrected chi connectivity index (χ0v) is 14.1. The summed E-state index contributed by atoms with van der Waals surface area (Å²) in [7, 11) is 0. The van der Waals surface area contributed by atoms with Gasteiger partial charge in [-0.1, -0.05) is 6.92 Å². The molecule has 1 aliphatic carbocycles. The summed E-state index contributed by atoms with van der Waals surface area (Å²) >= 11 is 1.61. The smallest absolute Gasteiger partial charge is 0.416 e. The van der Waals surface area contributed by atoms with Crippen molar-refractivity contribution in [3.63, 3.8) is 0 Å². The van der Waals surface area contributed by atoms with Crippen LogP contribution >= 0.6 is 11.8 Å². The van der Waals surface area contributed by atoms with E-state index in [0.717, 1.165) is 16.7 Å². The number of aromatic nitrogens is 3. The van der Waals surface area contributed by atoms with E-state index in [1.807, 2.05) is 6.92 Å². The number of alkyl halides is 3. The van der Waals surface area contributed by atoms with Crippen LogP contribution < -0.4 is 0 Å². The molecule has 25 heavy (non-hydrogen) atoms. The van der Waals surface area contributed by atoms with Gasteiger partial charge in [-0.3, -0.25) is 0 Å². The molecule has 1 fully saturated rings. The summed E-state index contributed by atoms with van der Waals surface area (Å²) in [4.78, 5) is 13.2. The first-order valence-corrected chi connectivity index (χ1v) is 8.92. The second-order valence-corrected chi connectivity index (χ2v) is 7.17. The maximum Gasteiger partial charge on any atom is 0.433 e. The van der Waals surface area contributed by atoms with Gasteiger partial charge in [-0.15, -0.1) is 11.8 Å². The van der Waals surface area contributed by atoms with E-state index in [1.165, 1.54) is 24.5 Å². The molecule has 0 unspecified atom stereocenters. The number of thioether (sulfide) groups is 1. The van der Waals surface area contributed by atoms with E-state index >= 15 is 0 Å². The van der Waals surface area contributed by atoms with Crippen LogP contribution in [0.3, 0.4) is 0 Å². The summed E-state index contributed by atoms with van der Waals surface area (Å²) in [6.07, 6.45) is -0.376. The van der Waals surface area contributed by atoms with Crippen LogP contribution in [0.25, 0.3) is 22.8 Å². The molecule has 0 N–H and O–H groups in total. The van der Waals surface area contributed by atoms with E-state index in [4.69, 9.17) is 4.42 Å². The van der Waals surface area contributed by atoms with Crippen LogP contribution in [-0.4, -0.2) is 20.7 Å². The predicted molar refractivity (Wildman–Crippen MR) is 88.4 cm³/mol. The number of nitrogens with zero attached hydrogens (tertiary/aromatic N) is 3. The number of pyridine rings is 2. The Kier molecular flexibility index (Phi) is 3.94. The zero-order chi connectivity index (χ0) is 17.6. The van der Waals surface area contributed by atoms with E-state index in [2.05, 4.69) is 21.0 Å². The predicted octanol–water partition coefficient (Wildman–Crippen LogP) is 5.29. The number of halogens is 3. The monoisotopic (exact) mass is 365 g/mol. The lowest BCUT2D eigenvalue weighted by Gasteiger charge is -2.06. The Labute approximate surface area is 145 Å². The molecule has 0 aromatic carbocycles.